The normalized spacial score (nSPS) is 30.2. The molecule has 1 aromatic heterocycles. The third-order valence-electron chi connectivity index (χ3n) is 3.04. The molecule has 1 heterocycles. The molecule has 0 saturated heterocycles. The number of thiazole rings is 1. The summed E-state index contributed by atoms with van der Waals surface area (Å²) >= 11 is 4.72. The monoisotopic (exact) mass is 305 g/mol. The van der Waals surface area contributed by atoms with E-state index < -0.39 is 11.6 Å². The largest absolute Gasteiger partial charge is 0.481 e. The summed E-state index contributed by atoms with van der Waals surface area (Å²) in [7, 11) is 0. The molecule has 1 aliphatic carbocycles. The summed E-state index contributed by atoms with van der Waals surface area (Å²) < 4.78 is 0.885. The summed E-state index contributed by atoms with van der Waals surface area (Å²) in [5, 5.41) is 20.0. The smallest absolute Gasteiger partial charge is 0.306 e. The first-order chi connectivity index (χ1) is 7.51. The number of aliphatic carboxylic acids is 1. The SMILES string of the molecule is O=C(O)C1CCC(O)(c2ncc(Br)s2)CC1. The van der Waals surface area contributed by atoms with Crippen LogP contribution in [-0.2, 0) is 10.4 Å². The van der Waals surface area contributed by atoms with Crippen LogP contribution in [0.1, 0.15) is 30.7 Å². The van der Waals surface area contributed by atoms with Crippen molar-refractivity contribution in [1.29, 1.82) is 0 Å². The molecule has 1 fully saturated rings. The second kappa shape index (κ2) is 4.43. The minimum Gasteiger partial charge on any atom is -0.481 e. The molecule has 0 radical (unpaired) electrons. The van der Waals surface area contributed by atoms with E-state index in [1.165, 1.54) is 11.3 Å². The van der Waals surface area contributed by atoms with E-state index >= 15 is 0 Å². The third-order valence-corrected chi connectivity index (χ3v) is 4.71. The highest BCUT2D eigenvalue weighted by Crippen LogP contribution is 2.41. The van der Waals surface area contributed by atoms with Crippen molar-refractivity contribution >= 4 is 33.2 Å². The summed E-state index contributed by atoms with van der Waals surface area (Å²) in [6.07, 6.45) is 3.65. The van der Waals surface area contributed by atoms with Gasteiger partial charge in [-0.3, -0.25) is 4.79 Å². The summed E-state index contributed by atoms with van der Waals surface area (Å²) in [6, 6.07) is 0. The van der Waals surface area contributed by atoms with Gasteiger partial charge in [0, 0.05) is 0 Å². The lowest BCUT2D eigenvalue weighted by Crippen LogP contribution is -2.33. The van der Waals surface area contributed by atoms with Crippen LogP contribution >= 0.6 is 27.3 Å². The molecule has 1 saturated carbocycles. The third kappa shape index (κ3) is 2.28. The van der Waals surface area contributed by atoms with Gasteiger partial charge in [-0.1, -0.05) is 0 Å². The molecule has 0 spiro atoms. The van der Waals surface area contributed by atoms with E-state index in [0.29, 0.717) is 30.7 Å². The summed E-state index contributed by atoms with van der Waals surface area (Å²) in [5.74, 6) is -1.08. The van der Waals surface area contributed by atoms with E-state index in [2.05, 4.69) is 20.9 Å². The predicted molar refractivity (Wildman–Crippen MR) is 63.3 cm³/mol. The number of hydrogen-bond donors (Lipinski definition) is 2. The molecule has 4 nitrogen and oxygen atoms in total. The van der Waals surface area contributed by atoms with E-state index in [4.69, 9.17) is 5.11 Å². The molecule has 2 rings (SSSR count). The maximum absolute atomic E-state index is 10.8. The molecule has 0 unspecified atom stereocenters. The lowest BCUT2D eigenvalue weighted by atomic mass is 9.79. The summed E-state index contributed by atoms with van der Waals surface area (Å²) in [6.45, 7) is 0. The van der Waals surface area contributed by atoms with Gasteiger partial charge < -0.3 is 10.2 Å². The van der Waals surface area contributed by atoms with Crippen LogP contribution in [0.4, 0.5) is 0 Å². The number of aliphatic hydroxyl groups is 1. The lowest BCUT2D eigenvalue weighted by molar-refractivity contribution is -0.145. The molecule has 0 atom stereocenters. The first-order valence-corrected chi connectivity index (χ1v) is 6.69. The fourth-order valence-electron chi connectivity index (χ4n) is 2.03. The van der Waals surface area contributed by atoms with Gasteiger partial charge in [0.2, 0.25) is 0 Å². The average molecular weight is 306 g/mol. The highest BCUT2D eigenvalue weighted by atomic mass is 79.9. The van der Waals surface area contributed by atoms with Gasteiger partial charge in [0.05, 0.1) is 15.9 Å². The molecule has 1 aromatic rings. The van der Waals surface area contributed by atoms with Crippen LogP contribution in [0.5, 0.6) is 0 Å². The van der Waals surface area contributed by atoms with Gasteiger partial charge >= 0.3 is 5.97 Å². The van der Waals surface area contributed by atoms with Crippen molar-refractivity contribution in [2.45, 2.75) is 31.3 Å². The van der Waals surface area contributed by atoms with Gasteiger partial charge in [-0.2, -0.15) is 0 Å². The van der Waals surface area contributed by atoms with Crippen molar-refractivity contribution in [3.8, 4) is 0 Å². The minimum absolute atomic E-state index is 0.316. The fraction of sp³-hybridized carbons (Fsp3) is 0.600. The molecule has 0 bridgehead atoms. The fourth-order valence-corrected chi connectivity index (χ4v) is 3.38. The van der Waals surface area contributed by atoms with Crippen LogP contribution < -0.4 is 0 Å². The Labute approximate surface area is 105 Å². The second-order valence-electron chi connectivity index (χ2n) is 4.11. The van der Waals surface area contributed by atoms with Crippen molar-refractivity contribution < 1.29 is 15.0 Å². The standard InChI is InChI=1S/C10H12BrNO3S/c11-7-5-12-9(16-7)10(15)3-1-6(2-4-10)8(13)14/h5-6,15H,1-4H2,(H,13,14). The topological polar surface area (TPSA) is 70.4 Å². The average Bonchev–Trinajstić information content (AvgIpc) is 2.66. The molecule has 16 heavy (non-hydrogen) atoms. The molecule has 0 aromatic carbocycles. The van der Waals surface area contributed by atoms with Gasteiger partial charge in [-0.15, -0.1) is 11.3 Å². The quantitative estimate of drug-likeness (QED) is 0.880. The van der Waals surface area contributed by atoms with Gasteiger partial charge in [0.25, 0.3) is 0 Å². The Morgan fingerprint density at radius 3 is 2.62 bits per heavy atom. The predicted octanol–water partition coefficient (Wildman–Crippen LogP) is 2.37. The van der Waals surface area contributed by atoms with Crippen molar-refractivity contribution in [3.63, 3.8) is 0 Å². The molecule has 0 amide bonds. The Morgan fingerprint density at radius 2 is 2.19 bits per heavy atom. The van der Waals surface area contributed by atoms with Gasteiger partial charge in [0.1, 0.15) is 10.6 Å². The van der Waals surface area contributed by atoms with Crippen LogP contribution in [0.15, 0.2) is 9.98 Å². The maximum Gasteiger partial charge on any atom is 0.306 e. The molecular weight excluding hydrogens is 294 g/mol. The Morgan fingerprint density at radius 1 is 1.56 bits per heavy atom. The van der Waals surface area contributed by atoms with Gasteiger partial charge in [-0.05, 0) is 41.6 Å². The van der Waals surface area contributed by atoms with Crippen LogP contribution in [0.3, 0.4) is 0 Å². The Balaban J connectivity index is 2.09. The highest BCUT2D eigenvalue weighted by molar-refractivity contribution is 9.11. The summed E-state index contributed by atoms with van der Waals surface area (Å²) in [5.41, 5.74) is -0.928. The second-order valence-corrected chi connectivity index (χ2v) is 6.52. The minimum atomic E-state index is -0.928. The van der Waals surface area contributed by atoms with Crippen LogP contribution in [0.2, 0.25) is 0 Å². The number of carbonyl (C=O) groups is 1. The van der Waals surface area contributed by atoms with Gasteiger partial charge in [-0.25, -0.2) is 4.98 Å². The van der Waals surface area contributed by atoms with Crippen LogP contribution in [-0.4, -0.2) is 21.2 Å². The zero-order valence-corrected chi connectivity index (χ0v) is 10.9. The Kier molecular flexibility index (Phi) is 3.32. The number of carboxylic acid groups (broad SMARTS) is 1. The number of aromatic nitrogens is 1. The number of nitrogens with zero attached hydrogens (tertiary/aromatic N) is 1. The zero-order valence-electron chi connectivity index (χ0n) is 8.52. The molecule has 0 aliphatic heterocycles. The molecule has 2 N–H and O–H groups in total. The first-order valence-electron chi connectivity index (χ1n) is 5.08. The number of halogens is 1. The van der Waals surface area contributed by atoms with Crippen molar-refractivity contribution in [3.05, 3.63) is 15.0 Å². The lowest BCUT2D eigenvalue weighted by Gasteiger charge is -2.32. The van der Waals surface area contributed by atoms with Crippen LogP contribution in [0, 0.1) is 5.92 Å². The van der Waals surface area contributed by atoms with Crippen molar-refractivity contribution in [1.82, 2.24) is 4.98 Å². The maximum atomic E-state index is 10.8. The van der Waals surface area contributed by atoms with Crippen molar-refractivity contribution in [2.75, 3.05) is 0 Å². The molecule has 88 valence electrons. The number of carboxylic acids is 1. The molecule has 1 aliphatic rings. The van der Waals surface area contributed by atoms with Crippen LogP contribution in [0.25, 0.3) is 0 Å². The summed E-state index contributed by atoms with van der Waals surface area (Å²) in [4.78, 5) is 15.0. The highest BCUT2D eigenvalue weighted by Gasteiger charge is 2.39. The van der Waals surface area contributed by atoms with E-state index in [1.807, 2.05) is 0 Å². The molecular formula is C10H12BrNO3S. The number of hydrogen-bond acceptors (Lipinski definition) is 4. The Hall–Kier alpha value is -0.460. The Bertz CT molecular complexity index is 399. The van der Waals surface area contributed by atoms with E-state index in [1.54, 1.807) is 6.20 Å². The zero-order chi connectivity index (χ0) is 11.8. The number of rotatable bonds is 2. The van der Waals surface area contributed by atoms with E-state index in [9.17, 15) is 9.90 Å². The first kappa shape index (κ1) is 12.0. The van der Waals surface area contributed by atoms with Crippen molar-refractivity contribution in [2.24, 2.45) is 5.92 Å². The van der Waals surface area contributed by atoms with Gasteiger partial charge in [0.15, 0.2) is 0 Å². The van der Waals surface area contributed by atoms with E-state index in [-0.39, 0.29) is 5.92 Å². The van der Waals surface area contributed by atoms with E-state index in [0.717, 1.165) is 3.79 Å². The molecule has 6 heteroatoms.